The Morgan fingerprint density at radius 1 is 1.44 bits per heavy atom. The fourth-order valence-electron chi connectivity index (χ4n) is 3.71. The van der Waals surface area contributed by atoms with Gasteiger partial charge in [-0.25, -0.2) is 0 Å². The zero-order chi connectivity index (χ0) is 20.0. The molecule has 1 aromatic rings. The molecule has 1 heterocycles. The maximum absolute atomic E-state index is 12.8. The van der Waals surface area contributed by atoms with Gasteiger partial charge in [-0.15, -0.1) is 0 Å². The van der Waals surface area contributed by atoms with E-state index in [0.29, 0.717) is 24.3 Å². The molecule has 1 saturated heterocycles. The van der Waals surface area contributed by atoms with E-state index in [-0.39, 0.29) is 12.6 Å². The third-order valence-corrected chi connectivity index (χ3v) is 5.81. The van der Waals surface area contributed by atoms with E-state index in [2.05, 4.69) is 37.0 Å². The molecule has 1 aliphatic heterocycles. The van der Waals surface area contributed by atoms with Crippen molar-refractivity contribution in [2.45, 2.75) is 51.3 Å². The van der Waals surface area contributed by atoms with Gasteiger partial charge in [0.15, 0.2) is 5.72 Å². The number of hydrogen-bond donors (Lipinski definition) is 1. The minimum atomic E-state index is -1.04. The Morgan fingerprint density at radius 3 is 2.70 bits per heavy atom. The lowest BCUT2D eigenvalue weighted by Crippen LogP contribution is -2.58. The van der Waals surface area contributed by atoms with Crippen LogP contribution in [0.3, 0.4) is 0 Å². The van der Waals surface area contributed by atoms with E-state index in [1.54, 1.807) is 12.1 Å². The summed E-state index contributed by atoms with van der Waals surface area (Å²) in [7, 11) is 2.08. The van der Waals surface area contributed by atoms with E-state index in [1.165, 1.54) is 5.57 Å². The monoisotopic (exact) mass is 373 g/mol. The first-order valence-corrected chi connectivity index (χ1v) is 9.50. The van der Waals surface area contributed by atoms with E-state index in [1.807, 2.05) is 25.1 Å². The number of nitrogens with zero attached hydrogens (tertiary/aromatic N) is 2. The SMILES string of the molecule is C/C=C(/C)[C@H](C)C1CC(N)(OC(=O)[C@H](CN=O)c2ccccc2)CCN1C. The zero-order valence-corrected chi connectivity index (χ0v) is 16.7. The molecule has 2 rings (SSSR count). The molecule has 148 valence electrons. The van der Waals surface area contributed by atoms with Gasteiger partial charge in [0.25, 0.3) is 0 Å². The highest BCUT2D eigenvalue weighted by Gasteiger charge is 2.42. The molecule has 0 saturated carbocycles. The van der Waals surface area contributed by atoms with E-state index in [0.717, 1.165) is 6.54 Å². The number of hydrogen-bond acceptors (Lipinski definition) is 6. The number of carbonyl (C=O) groups is 1. The first-order chi connectivity index (χ1) is 12.8. The standard InChI is InChI=1S/C21H31N3O3/c1-5-15(2)16(3)19-13-21(22,11-12-24(19)4)27-20(25)18(14-23-26)17-9-7-6-8-10-17/h5-10,16,18-19H,11-14,22H2,1-4H3/b15-5-/t16-,18+,19?,21?/m0/s1. The molecule has 27 heavy (non-hydrogen) atoms. The smallest absolute Gasteiger partial charge is 0.317 e. The minimum Gasteiger partial charge on any atom is -0.444 e. The number of nitroso groups, excluding NO2 is 1. The Morgan fingerprint density at radius 2 is 2.11 bits per heavy atom. The average Bonchev–Trinajstić information content (AvgIpc) is 2.67. The molecule has 0 amide bonds. The summed E-state index contributed by atoms with van der Waals surface area (Å²) in [5, 5.41) is 2.93. The Bertz CT molecular complexity index is 677. The van der Waals surface area contributed by atoms with Crippen molar-refractivity contribution in [2.75, 3.05) is 20.1 Å². The van der Waals surface area contributed by atoms with Gasteiger partial charge < -0.3 is 9.64 Å². The topological polar surface area (TPSA) is 85.0 Å². The second kappa shape index (κ2) is 9.24. The molecule has 1 aromatic carbocycles. The third kappa shape index (κ3) is 5.23. The highest BCUT2D eigenvalue weighted by atomic mass is 16.6. The molecule has 4 atom stereocenters. The lowest BCUT2D eigenvalue weighted by atomic mass is 9.83. The largest absolute Gasteiger partial charge is 0.444 e. The van der Waals surface area contributed by atoms with Crippen molar-refractivity contribution in [1.29, 1.82) is 0 Å². The lowest BCUT2D eigenvalue weighted by Gasteiger charge is -2.45. The van der Waals surface area contributed by atoms with Crippen molar-refractivity contribution in [1.82, 2.24) is 4.90 Å². The van der Waals surface area contributed by atoms with Crippen molar-refractivity contribution in [3.05, 3.63) is 52.5 Å². The van der Waals surface area contributed by atoms with Crippen LogP contribution < -0.4 is 5.73 Å². The number of allylic oxidation sites excluding steroid dienone is 1. The molecule has 0 aliphatic carbocycles. The number of piperidine rings is 1. The zero-order valence-electron chi connectivity index (χ0n) is 16.7. The Hall–Kier alpha value is -2.05. The molecular weight excluding hydrogens is 342 g/mol. The van der Waals surface area contributed by atoms with Crippen LogP contribution in [0.15, 0.2) is 47.2 Å². The van der Waals surface area contributed by atoms with Crippen LogP contribution in [-0.2, 0) is 9.53 Å². The van der Waals surface area contributed by atoms with Crippen molar-refractivity contribution in [2.24, 2.45) is 16.8 Å². The summed E-state index contributed by atoms with van der Waals surface area (Å²) >= 11 is 0. The number of esters is 1. The molecule has 0 bridgehead atoms. The first-order valence-electron chi connectivity index (χ1n) is 9.50. The number of likely N-dealkylation sites (tertiary alicyclic amines) is 1. The summed E-state index contributed by atoms with van der Waals surface area (Å²) < 4.78 is 5.78. The van der Waals surface area contributed by atoms with Crippen LogP contribution in [0.25, 0.3) is 0 Å². The van der Waals surface area contributed by atoms with Gasteiger partial charge in [-0.2, -0.15) is 4.91 Å². The third-order valence-electron chi connectivity index (χ3n) is 5.81. The maximum atomic E-state index is 12.8. The second-order valence-electron chi connectivity index (χ2n) is 7.58. The molecule has 6 heteroatoms. The van der Waals surface area contributed by atoms with E-state index in [4.69, 9.17) is 10.5 Å². The summed E-state index contributed by atoms with van der Waals surface area (Å²) in [6.45, 7) is 6.90. The van der Waals surface area contributed by atoms with Gasteiger partial charge in [0.2, 0.25) is 0 Å². The van der Waals surface area contributed by atoms with Gasteiger partial charge in [0.05, 0.1) is 6.54 Å². The minimum absolute atomic E-state index is 0.156. The average molecular weight is 373 g/mol. The van der Waals surface area contributed by atoms with Gasteiger partial charge >= 0.3 is 5.97 Å². The van der Waals surface area contributed by atoms with Gasteiger partial charge in [-0.1, -0.05) is 54.1 Å². The van der Waals surface area contributed by atoms with E-state index in [9.17, 15) is 9.70 Å². The van der Waals surface area contributed by atoms with Crippen molar-refractivity contribution in [3.63, 3.8) is 0 Å². The molecule has 6 nitrogen and oxygen atoms in total. The molecule has 1 fully saturated rings. The molecule has 0 spiro atoms. The number of carbonyl (C=O) groups excluding carboxylic acids is 1. The summed E-state index contributed by atoms with van der Waals surface area (Å²) in [4.78, 5) is 26.0. The Labute approximate surface area is 161 Å². The highest BCUT2D eigenvalue weighted by molar-refractivity contribution is 5.79. The predicted molar refractivity (Wildman–Crippen MR) is 107 cm³/mol. The summed E-state index contributed by atoms with van der Waals surface area (Å²) in [5.74, 6) is -0.901. The summed E-state index contributed by atoms with van der Waals surface area (Å²) in [5.41, 5.74) is 7.47. The normalized spacial score (nSPS) is 26.3. The predicted octanol–water partition coefficient (Wildman–Crippen LogP) is 3.43. The van der Waals surface area contributed by atoms with Crippen LogP contribution in [0.4, 0.5) is 0 Å². The molecule has 2 unspecified atom stereocenters. The summed E-state index contributed by atoms with van der Waals surface area (Å²) in [6, 6.07) is 9.30. The highest BCUT2D eigenvalue weighted by Crippen LogP contribution is 2.33. The molecule has 2 N–H and O–H groups in total. The van der Waals surface area contributed by atoms with Crippen LogP contribution in [0.2, 0.25) is 0 Å². The van der Waals surface area contributed by atoms with Crippen LogP contribution >= 0.6 is 0 Å². The van der Waals surface area contributed by atoms with Gasteiger partial charge in [0.1, 0.15) is 5.92 Å². The molecule has 0 radical (unpaired) electrons. The lowest BCUT2D eigenvalue weighted by molar-refractivity contribution is -0.168. The van der Waals surface area contributed by atoms with Crippen molar-refractivity contribution < 1.29 is 9.53 Å². The number of nitrogens with two attached hydrogens (primary N) is 1. The fraction of sp³-hybridized carbons (Fsp3) is 0.571. The Kier molecular flexibility index (Phi) is 7.27. The van der Waals surface area contributed by atoms with E-state index >= 15 is 0 Å². The first kappa shape index (κ1) is 21.3. The molecule has 1 aliphatic rings. The van der Waals surface area contributed by atoms with Crippen LogP contribution in [0.5, 0.6) is 0 Å². The summed E-state index contributed by atoms with van der Waals surface area (Å²) in [6.07, 6.45) is 3.22. The van der Waals surface area contributed by atoms with Gasteiger partial charge in [-0.3, -0.25) is 10.5 Å². The quantitative estimate of drug-likeness (QED) is 0.342. The van der Waals surface area contributed by atoms with E-state index < -0.39 is 17.6 Å². The Balaban J connectivity index is 2.16. The molecule has 0 aromatic heterocycles. The maximum Gasteiger partial charge on any atom is 0.317 e. The van der Waals surface area contributed by atoms with Crippen molar-refractivity contribution >= 4 is 5.97 Å². The van der Waals surface area contributed by atoms with Crippen LogP contribution in [0.1, 0.15) is 45.1 Å². The number of rotatable bonds is 7. The second-order valence-corrected chi connectivity index (χ2v) is 7.58. The number of ether oxygens (including phenoxy) is 1. The van der Waals surface area contributed by atoms with Gasteiger partial charge in [-0.05, 0) is 32.4 Å². The van der Waals surface area contributed by atoms with Crippen LogP contribution in [0, 0.1) is 10.8 Å². The van der Waals surface area contributed by atoms with Gasteiger partial charge in [0, 0.05) is 25.4 Å². The van der Waals surface area contributed by atoms with Crippen LogP contribution in [-0.4, -0.2) is 42.8 Å². The fourth-order valence-corrected chi connectivity index (χ4v) is 3.71. The number of benzene rings is 1. The molecular formula is C21H31N3O3. The van der Waals surface area contributed by atoms with Crippen molar-refractivity contribution in [3.8, 4) is 0 Å².